The molecule has 0 aliphatic rings. The van der Waals surface area contributed by atoms with Crippen LogP contribution < -0.4 is 10.1 Å². The lowest BCUT2D eigenvalue weighted by Gasteiger charge is -2.10. The Labute approximate surface area is 145 Å². The van der Waals surface area contributed by atoms with Gasteiger partial charge in [0.1, 0.15) is 11.6 Å². The number of ketones is 1. The molecule has 0 aliphatic carbocycles. The second-order valence-corrected chi connectivity index (χ2v) is 6.10. The smallest absolute Gasteiger partial charge is 0.228 e. The summed E-state index contributed by atoms with van der Waals surface area (Å²) in [4.78, 5) is 20.6. The summed E-state index contributed by atoms with van der Waals surface area (Å²) in [7, 11) is 1.43. The minimum absolute atomic E-state index is 0.0676. The van der Waals surface area contributed by atoms with Crippen molar-refractivity contribution in [3.05, 3.63) is 41.7 Å². The molecule has 0 unspecified atom stereocenters. The number of hydrogen-bond acceptors (Lipinski definition) is 5. The number of hydrogen-bond donors (Lipinski definition) is 1. The topological polar surface area (TPSA) is 64.1 Å². The Morgan fingerprint density at radius 2 is 1.92 bits per heavy atom. The van der Waals surface area contributed by atoms with Crippen LogP contribution in [0.5, 0.6) is 5.75 Å². The molecule has 7 heteroatoms. The lowest BCUT2D eigenvalue weighted by Crippen LogP contribution is -2.09. The minimum Gasteiger partial charge on any atom is -0.493 e. The molecule has 1 aromatic heterocycles. The minimum atomic E-state index is -0.721. The molecule has 0 radical (unpaired) electrons. The van der Waals surface area contributed by atoms with Crippen LogP contribution in [0.15, 0.2) is 24.4 Å². The molecule has 0 fully saturated rings. The molecule has 5 nitrogen and oxygen atoms in total. The first-order chi connectivity index (χ1) is 11.9. The average molecular weight is 349 g/mol. The van der Waals surface area contributed by atoms with Crippen molar-refractivity contribution in [1.29, 1.82) is 0 Å². The molecule has 1 heterocycles. The van der Waals surface area contributed by atoms with Crippen molar-refractivity contribution in [2.24, 2.45) is 5.92 Å². The number of aromatic nitrogens is 2. The molecule has 0 atom stereocenters. The average Bonchev–Trinajstić information content (AvgIpc) is 2.53. The van der Waals surface area contributed by atoms with E-state index in [0.29, 0.717) is 12.3 Å². The van der Waals surface area contributed by atoms with Crippen LogP contribution in [0.3, 0.4) is 0 Å². The van der Waals surface area contributed by atoms with E-state index >= 15 is 0 Å². The Bertz CT molecular complexity index is 731. The summed E-state index contributed by atoms with van der Waals surface area (Å²) >= 11 is 0. The van der Waals surface area contributed by atoms with E-state index in [4.69, 9.17) is 4.74 Å². The maximum Gasteiger partial charge on any atom is 0.228 e. The number of halogens is 2. The van der Waals surface area contributed by atoms with E-state index in [9.17, 15) is 13.6 Å². The number of methoxy groups -OCH3 is 1. The van der Waals surface area contributed by atoms with Gasteiger partial charge >= 0.3 is 0 Å². The maximum atomic E-state index is 13.3. The molecular formula is C18H21F2N3O2. The van der Waals surface area contributed by atoms with Crippen molar-refractivity contribution in [1.82, 2.24) is 9.97 Å². The van der Waals surface area contributed by atoms with Gasteiger partial charge in [-0.1, -0.05) is 20.3 Å². The van der Waals surface area contributed by atoms with Crippen molar-refractivity contribution < 1.29 is 18.3 Å². The summed E-state index contributed by atoms with van der Waals surface area (Å²) in [6.07, 6.45) is 3.40. The van der Waals surface area contributed by atoms with Crippen LogP contribution in [0.25, 0.3) is 0 Å². The third-order valence-electron chi connectivity index (χ3n) is 3.54. The summed E-state index contributed by atoms with van der Waals surface area (Å²) in [5, 5.41) is 2.70. The number of carbonyl (C=O) groups excluding carboxylic acids is 1. The van der Waals surface area contributed by atoms with Gasteiger partial charge in [0.15, 0.2) is 17.2 Å². The quantitative estimate of drug-likeness (QED) is 0.710. The van der Waals surface area contributed by atoms with Gasteiger partial charge in [0.05, 0.1) is 13.3 Å². The fourth-order valence-corrected chi connectivity index (χ4v) is 2.32. The van der Waals surface area contributed by atoms with Gasteiger partial charge in [-0.15, -0.1) is 0 Å². The largest absolute Gasteiger partial charge is 0.493 e. The highest BCUT2D eigenvalue weighted by molar-refractivity contribution is 5.96. The zero-order valence-corrected chi connectivity index (χ0v) is 14.5. The number of ether oxygens (including phenoxy) is 1. The highest BCUT2D eigenvalue weighted by Gasteiger charge is 2.16. The molecule has 0 aliphatic heterocycles. The van der Waals surface area contributed by atoms with Gasteiger partial charge in [0.2, 0.25) is 5.95 Å². The van der Waals surface area contributed by atoms with Crippen LogP contribution in [-0.2, 0) is 0 Å². The van der Waals surface area contributed by atoms with E-state index in [1.165, 1.54) is 13.3 Å². The van der Waals surface area contributed by atoms with E-state index in [-0.39, 0.29) is 28.9 Å². The lowest BCUT2D eigenvalue weighted by molar-refractivity contribution is 0.0970. The normalized spacial score (nSPS) is 10.8. The third-order valence-corrected chi connectivity index (χ3v) is 3.54. The molecule has 0 bridgehead atoms. The molecule has 1 N–H and O–H groups in total. The molecule has 25 heavy (non-hydrogen) atoms. The van der Waals surface area contributed by atoms with Crippen molar-refractivity contribution in [3.8, 4) is 5.75 Å². The van der Waals surface area contributed by atoms with Gasteiger partial charge in [-0.3, -0.25) is 4.79 Å². The summed E-state index contributed by atoms with van der Waals surface area (Å²) in [5.74, 6) is -0.751. The van der Waals surface area contributed by atoms with Crippen LogP contribution in [0.2, 0.25) is 0 Å². The third kappa shape index (κ3) is 5.48. The molecule has 0 spiro atoms. The molecular weight excluding hydrogens is 328 g/mol. The Balaban J connectivity index is 2.19. The van der Waals surface area contributed by atoms with Crippen molar-refractivity contribution in [3.63, 3.8) is 0 Å². The van der Waals surface area contributed by atoms with Gasteiger partial charge in [0.25, 0.3) is 0 Å². The highest BCUT2D eigenvalue weighted by atomic mass is 19.1. The predicted octanol–water partition coefficient (Wildman–Crippen LogP) is 4.52. The van der Waals surface area contributed by atoms with E-state index in [0.717, 1.165) is 31.0 Å². The molecule has 0 saturated heterocycles. The zero-order chi connectivity index (χ0) is 18.4. The molecule has 2 aromatic rings. The SMILES string of the molecule is COc1cnc(Nc2cc(F)cc(F)c2)nc1C(=O)CCCC(C)C. The number of rotatable bonds is 8. The van der Waals surface area contributed by atoms with E-state index in [1.54, 1.807) is 0 Å². The van der Waals surface area contributed by atoms with Crippen LogP contribution in [0.1, 0.15) is 43.6 Å². The second-order valence-electron chi connectivity index (χ2n) is 6.10. The zero-order valence-electron chi connectivity index (χ0n) is 14.5. The van der Waals surface area contributed by atoms with Crippen molar-refractivity contribution in [2.45, 2.75) is 33.1 Å². The highest BCUT2D eigenvalue weighted by Crippen LogP contribution is 2.22. The molecule has 0 saturated carbocycles. The molecule has 2 rings (SSSR count). The number of Topliss-reactive ketones (excluding diaryl/α,β-unsaturated/α-hetero) is 1. The fraction of sp³-hybridized carbons (Fsp3) is 0.389. The van der Waals surface area contributed by atoms with E-state index in [2.05, 4.69) is 29.1 Å². The molecule has 0 amide bonds. The number of carbonyl (C=O) groups is 1. The first-order valence-electron chi connectivity index (χ1n) is 8.06. The van der Waals surface area contributed by atoms with Gasteiger partial charge in [-0.25, -0.2) is 18.7 Å². The summed E-state index contributed by atoms with van der Waals surface area (Å²) in [6.45, 7) is 4.19. The fourth-order valence-electron chi connectivity index (χ4n) is 2.32. The Morgan fingerprint density at radius 1 is 1.24 bits per heavy atom. The number of benzene rings is 1. The Hall–Kier alpha value is -2.57. The van der Waals surface area contributed by atoms with Crippen LogP contribution >= 0.6 is 0 Å². The Morgan fingerprint density at radius 3 is 2.52 bits per heavy atom. The maximum absolute atomic E-state index is 13.3. The van der Waals surface area contributed by atoms with E-state index in [1.807, 2.05) is 0 Å². The van der Waals surface area contributed by atoms with Crippen LogP contribution in [0, 0.1) is 17.6 Å². The molecule has 134 valence electrons. The first kappa shape index (κ1) is 18.8. The monoisotopic (exact) mass is 349 g/mol. The van der Waals surface area contributed by atoms with Gasteiger partial charge < -0.3 is 10.1 Å². The second kappa shape index (κ2) is 8.50. The predicted molar refractivity (Wildman–Crippen MR) is 91.2 cm³/mol. The first-order valence-corrected chi connectivity index (χ1v) is 8.06. The van der Waals surface area contributed by atoms with Gasteiger partial charge in [0, 0.05) is 18.2 Å². The van der Waals surface area contributed by atoms with E-state index < -0.39 is 11.6 Å². The van der Waals surface area contributed by atoms with Crippen LogP contribution in [0.4, 0.5) is 20.4 Å². The summed E-state index contributed by atoms with van der Waals surface area (Å²) in [5.41, 5.74) is 0.307. The number of anilines is 2. The van der Waals surface area contributed by atoms with Crippen LogP contribution in [-0.4, -0.2) is 22.9 Å². The number of nitrogens with one attached hydrogen (secondary N) is 1. The van der Waals surface area contributed by atoms with Gasteiger partial charge in [-0.05, 0) is 24.5 Å². The summed E-state index contributed by atoms with van der Waals surface area (Å²) in [6, 6.07) is 2.99. The lowest BCUT2D eigenvalue weighted by atomic mass is 10.0. The van der Waals surface area contributed by atoms with Crippen molar-refractivity contribution in [2.75, 3.05) is 12.4 Å². The number of nitrogens with zero attached hydrogens (tertiary/aromatic N) is 2. The molecule has 1 aromatic carbocycles. The van der Waals surface area contributed by atoms with Gasteiger partial charge in [-0.2, -0.15) is 0 Å². The Kier molecular flexibility index (Phi) is 6.38. The standard InChI is InChI=1S/C18H21F2N3O2/c1-11(2)5-4-6-15(24)17-16(25-3)10-21-18(23-17)22-14-8-12(19)7-13(20)9-14/h7-11H,4-6H2,1-3H3,(H,21,22,23). The van der Waals surface area contributed by atoms with Crippen molar-refractivity contribution >= 4 is 17.4 Å². The summed E-state index contributed by atoms with van der Waals surface area (Å²) < 4.78 is 31.7.